The smallest absolute Gasteiger partial charge is 0.338 e. The second kappa shape index (κ2) is 8.53. The Morgan fingerprint density at radius 3 is 1.90 bits per heavy atom. The zero-order valence-electron chi connectivity index (χ0n) is 17.0. The van der Waals surface area contributed by atoms with Crippen molar-refractivity contribution >= 4 is 38.3 Å². The summed E-state index contributed by atoms with van der Waals surface area (Å²) in [6, 6.07) is 16.3. The predicted molar refractivity (Wildman–Crippen MR) is 122 cm³/mol. The van der Waals surface area contributed by atoms with Gasteiger partial charge in [-0.1, -0.05) is 69.2 Å². The molecule has 29 heavy (non-hydrogen) atoms. The fourth-order valence-corrected chi connectivity index (χ4v) is 4.17. The molecule has 146 valence electrons. The Labute approximate surface area is 172 Å². The molecule has 4 aromatic rings. The molecule has 0 fully saturated rings. The Bertz CT molecular complexity index is 1130. The number of esters is 1. The molecule has 0 saturated heterocycles. The summed E-state index contributed by atoms with van der Waals surface area (Å²) in [6.07, 6.45) is 12.7. The summed E-state index contributed by atoms with van der Waals surface area (Å²) in [6.45, 7) is 2.71. The topological polar surface area (TPSA) is 26.3 Å². The zero-order valence-corrected chi connectivity index (χ0v) is 17.0. The molecule has 4 aromatic carbocycles. The lowest BCUT2D eigenvalue weighted by Gasteiger charge is -2.13. The molecule has 0 aliphatic carbocycles. The number of ether oxygens (including phenoxy) is 1. The molecular weight excluding hydrogens is 356 g/mol. The summed E-state index contributed by atoms with van der Waals surface area (Å²) in [4.78, 5) is 12.6. The van der Waals surface area contributed by atoms with Crippen molar-refractivity contribution in [3.8, 4) is 12.3 Å². The molecule has 0 aliphatic rings. The van der Waals surface area contributed by atoms with E-state index in [1.807, 2.05) is 24.3 Å². The van der Waals surface area contributed by atoms with E-state index in [-0.39, 0.29) is 5.97 Å². The van der Waals surface area contributed by atoms with Crippen molar-refractivity contribution in [2.45, 2.75) is 45.4 Å². The van der Waals surface area contributed by atoms with E-state index in [0.717, 1.165) is 39.9 Å². The molecule has 0 unspecified atom stereocenters. The Morgan fingerprint density at radius 2 is 1.34 bits per heavy atom. The van der Waals surface area contributed by atoms with Gasteiger partial charge in [0.15, 0.2) is 0 Å². The van der Waals surface area contributed by atoms with E-state index in [2.05, 4.69) is 37.1 Å². The Balaban J connectivity index is 1.56. The van der Waals surface area contributed by atoms with Crippen LogP contribution in [0.25, 0.3) is 32.3 Å². The van der Waals surface area contributed by atoms with E-state index in [1.165, 1.54) is 36.5 Å². The molecule has 2 heteroatoms. The van der Waals surface area contributed by atoms with E-state index < -0.39 is 0 Å². The lowest BCUT2D eigenvalue weighted by atomic mass is 9.92. The fraction of sp³-hybridized carbons (Fsp3) is 0.296. The average Bonchev–Trinajstić information content (AvgIpc) is 2.76. The normalized spacial score (nSPS) is 11.3. The highest BCUT2D eigenvalue weighted by molar-refractivity contribution is 6.24. The maximum absolute atomic E-state index is 12.6. The Morgan fingerprint density at radius 1 is 0.828 bits per heavy atom. The van der Waals surface area contributed by atoms with Crippen LogP contribution in [-0.4, -0.2) is 12.6 Å². The van der Waals surface area contributed by atoms with Crippen LogP contribution in [0.5, 0.6) is 0 Å². The first-order valence-electron chi connectivity index (χ1n) is 10.6. The highest BCUT2D eigenvalue weighted by Crippen LogP contribution is 2.36. The summed E-state index contributed by atoms with van der Waals surface area (Å²) in [5.74, 6) is 2.49. The van der Waals surface area contributed by atoms with Gasteiger partial charge in [-0.25, -0.2) is 4.79 Å². The van der Waals surface area contributed by atoms with Crippen LogP contribution in [0.1, 0.15) is 61.4 Å². The van der Waals surface area contributed by atoms with Gasteiger partial charge in [0.25, 0.3) is 0 Å². The molecule has 0 bridgehead atoms. The number of unbranched alkanes of at least 4 members (excludes halogenated alkanes) is 5. The lowest BCUT2D eigenvalue weighted by molar-refractivity contribution is 0.0498. The number of hydrogen-bond donors (Lipinski definition) is 0. The van der Waals surface area contributed by atoms with Crippen LogP contribution in [0.15, 0.2) is 48.5 Å². The van der Waals surface area contributed by atoms with Crippen LogP contribution in [0.3, 0.4) is 0 Å². The van der Waals surface area contributed by atoms with Gasteiger partial charge in [-0.05, 0) is 63.0 Å². The van der Waals surface area contributed by atoms with Crippen LogP contribution in [0.2, 0.25) is 0 Å². The first kappa shape index (κ1) is 19.3. The standard InChI is InChI=1S/C27H26O2/c1-3-5-6-7-8-9-14-29-27(28)24-17-22-12-10-20-15-19(4-2)16-21-11-13-23(18-24)26(22)25(20)21/h2,10-13,15-18H,3,5-9,14H2,1H3. The number of carbonyl (C=O) groups is 1. The van der Waals surface area contributed by atoms with E-state index >= 15 is 0 Å². The van der Waals surface area contributed by atoms with Crippen molar-refractivity contribution in [1.82, 2.24) is 0 Å². The minimum atomic E-state index is -0.237. The first-order chi connectivity index (χ1) is 14.2. The summed E-state index contributed by atoms with van der Waals surface area (Å²) < 4.78 is 5.53. The minimum Gasteiger partial charge on any atom is -0.462 e. The molecule has 0 aliphatic heterocycles. The Kier molecular flexibility index (Phi) is 5.67. The van der Waals surface area contributed by atoms with Crippen LogP contribution in [-0.2, 0) is 4.74 Å². The second-order valence-electron chi connectivity index (χ2n) is 7.77. The summed E-state index contributed by atoms with van der Waals surface area (Å²) in [7, 11) is 0. The van der Waals surface area contributed by atoms with E-state index in [1.54, 1.807) is 0 Å². The number of terminal acetylenes is 1. The van der Waals surface area contributed by atoms with Gasteiger partial charge in [0.2, 0.25) is 0 Å². The quantitative estimate of drug-likeness (QED) is 0.141. The van der Waals surface area contributed by atoms with Crippen LogP contribution in [0, 0.1) is 12.3 Å². The maximum atomic E-state index is 12.6. The third-order valence-electron chi connectivity index (χ3n) is 5.67. The molecule has 2 nitrogen and oxygen atoms in total. The molecule has 0 heterocycles. The lowest BCUT2D eigenvalue weighted by Crippen LogP contribution is -2.06. The van der Waals surface area contributed by atoms with Crippen LogP contribution >= 0.6 is 0 Å². The van der Waals surface area contributed by atoms with Gasteiger partial charge in [0.1, 0.15) is 0 Å². The van der Waals surface area contributed by atoms with Gasteiger partial charge < -0.3 is 4.74 Å². The van der Waals surface area contributed by atoms with Gasteiger partial charge in [-0.15, -0.1) is 6.42 Å². The molecule has 0 amide bonds. The van der Waals surface area contributed by atoms with Gasteiger partial charge in [0, 0.05) is 5.56 Å². The number of carbonyl (C=O) groups excluding carboxylic acids is 1. The number of hydrogen-bond acceptors (Lipinski definition) is 2. The fourth-order valence-electron chi connectivity index (χ4n) is 4.17. The van der Waals surface area contributed by atoms with E-state index in [4.69, 9.17) is 11.2 Å². The van der Waals surface area contributed by atoms with Crippen molar-refractivity contribution in [3.05, 3.63) is 59.7 Å². The third-order valence-corrected chi connectivity index (χ3v) is 5.67. The first-order valence-corrected chi connectivity index (χ1v) is 10.6. The molecule has 0 N–H and O–H groups in total. The molecule has 0 aromatic heterocycles. The molecule has 0 atom stereocenters. The highest BCUT2D eigenvalue weighted by atomic mass is 16.5. The largest absolute Gasteiger partial charge is 0.462 e. The van der Waals surface area contributed by atoms with E-state index in [0.29, 0.717) is 12.2 Å². The van der Waals surface area contributed by atoms with Crippen molar-refractivity contribution in [1.29, 1.82) is 0 Å². The molecule has 0 spiro atoms. The molecule has 0 saturated carbocycles. The third kappa shape index (κ3) is 3.91. The van der Waals surface area contributed by atoms with E-state index in [9.17, 15) is 4.79 Å². The predicted octanol–water partition coefficient (Wildman–Crippen LogP) is 7.08. The summed E-state index contributed by atoms with van der Waals surface area (Å²) in [5.41, 5.74) is 1.50. The zero-order chi connectivity index (χ0) is 20.2. The van der Waals surface area contributed by atoms with Crippen molar-refractivity contribution in [2.24, 2.45) is 0 Å². The van der Waals surface area contributed by atoms with Gasteiger partial charge in [-0.3, -0.25) is 0 Å². The highest BCUT2D eigenvalue weighted by Gasteiger charge is 2.14. The van der Waals surface area contributed by atoms with Crippen LogP contribution in [0.4, 0.5) is 0 Å². The molecular formula is C27H26O2. The van der Waals surface area contributed by atoms with Crippen LogP contribution < -0.4 is 0 Å². The molecule has 4 rings (SSSR count). The van der Waals surface area contributed by atoms with Crippen molar-refractivity contribution < 1.29 is 9.53 Å². The SMILES string of the molecule is C#Cc1cc2ccc3cc(C(=O)OCCCCCCCC)cc4ccc(c1)c2c34. The minimum absolute atomic E-state index is 0.237. The Hall–Kier alpha value is -3.05. The monoisotopic (exact) mass is 382 g/mol. The number of rotatable bonds is 8. The van der Waals surface area contributed by atoms with Gasteiger partial charge >= 0.3 is 5.97 Å². The average molecular weight is 383 g/mol. The van der Waals surface area contributed by atoms with Crippen molar-refractivity contribution in [2.75, 3.05) is 6.61 Å². The van der Waals surface area contributed by atoms with Crippen molar-refractivity contribution in [3.63, 3.8) is 0 Å². The number of benzene rings is 4. The second-order valence-corrected chi connectivity index (χ2v) is 7.77. The molecule has 0 radical (unpaired) electrons. The van der Waals surface area contributed by atoms with Gasteiger partial charge in [0.05, 0.1) is 12.2 Å². The maximum Gasteiger partial charge on any atom is 0.338 e. The summed E-state index contributed by atoms with van der Waals surface area (Å²) in [5, 5.41) is 6.75. The summed E-state index contributed by atoms with van der Waals surface area (Å²) >= 11 is 0. The van der Waals surface area contributed by atoms with Gasteiger partial charge in [-0.2, -0.15) is 0 Å².